The van der Waals surface area contributed by atoms with Crippen molar-refractivity contribution in [2.24, 2.45) is 0 Å². The summed E-state index contributed by atoms with van der Waals surface area (Å²) < 4.78 is 29.1. The van der Waals surface area contributed by atoms with E-state index in [1.165, 1.54) is 30.3 Å². The van der Waals surface area contributed by atoms with E-state index in [0.717, 1.165) is 5.56 Å². The van der Waals surface area contributed by atoms with Crippen LogP contribution in [0.15, 0.2) is 53.4 Å². The number of nitrogens with one attached hydrogen (secondary N) is 1. The van der Waals surface area contributed by atoms with Gasteiger partial charge in [-0.1, -0.05) is 29.3 Å². The van der Waals surface area contributed by atoms with E-state index in [4.69, 9.17) is 11.6 Å². The van der Waals surface area contributed by atoms with Crippen LogP contribution in [0.2, 0.25) is 5.02 Å². The molecule has 4 aromatic rings. The van der Waals surface area contributed by atoms with Gasteiger partial charge in [0.05, 0.1) is 21.4 Å². The second-order valence-electron chi connectivity index (χ2n) is 8.02. The molecule has 180 valence electrons. The molecule has 2 aromatic heterocycles. The van der Waals surface area contributed by atoms with E-state index in [1.54, 1.807) is 36.6 Å². The van der Waals surface area contributed by atoms with Crippen LogP contribution in [0, 0.1) is 30.9 Å². The number of rotatable bonds is 6. The highest BCUT2D eigenvalue weighted by atomic mass is 35.5. The second-order valence-corrected chi connectivity index (χ2v) is 10.1. The lowest BCUT2D eigenvalue weighted by atomic mass is 10.2. The summed E-state index contributed by atoms with van der Waals surface area (Å²) in [6, 6.07) is 11.7. The average Bonchev–Trinajstić information content (AvgIpc) is 3.10. The first-order valence-corrected chi connectivity index (χ1v) is 12.2. The van der Waals surface area contributed by atoms with Crippen LogP contribution in [-0.2, 0) is 16.6 Å². The van der Waals surface area contributed by atoms with Crippen LogP contribution in [0.3, 0.4) is 0 Å². The number of non-ortho nitro benzene ring substituents is 1. The minimum Gasteiger partial charge on any atom is -0.308 e. The van der Waals surface area contributed by atoms with E-state index in [9.17, 15) is 23.3 Å². The second kappa shape index (κ2) is 9.08. The van der Waals surface area contributed by atoms with Crippen molar-refractivity contribution in [3.63, 3.8) is 0 Å². The van der Waals surface area contributed by atoms with Crippen molar-refractivity contribution in [1.29, 1.82) is 0 Å². The van der Waals surface area contributed by atoms with Crippen LogP contribution in [0.5, 0.6) is 0 Å². The number of carbonyl (C=O) groups excluding carboxylic acids is 1. The summed E-state index contributed by atoms with van der Waals surface area (Å²) in [6.07, 6.45) is 0. The number of aromatic nitrogens is 3. The Bertz CT molecular complexity index is 1600. The molecule has 35 heavy (non-hydrogen) atoms. The number of aryl methyl sites for hydroxylation is 3. The molecule has 0 bridgehead atoms. The van der Waals surface area contributed by atoms with Gasteiger partial charge in [0, 0.05) is 12.1 Å². The third kappa shape index (κ3) is 4.86. The van der Waals surface area contributed by atoms with Crippen LogP contribution in [-0.4, -0.2) is 33.8 Å². The molecule has 0 aliphatic rings. The number of carbonyl (C=O) groups is 1. The third-order valence-electron chi connectivity index (χ3n) is 5.45. The number of sulfonamides is 1. The summed E-state index contributed by atoms with van der Waals surface area (Å²) in [5.41, 5.74) is 2.78. The van der Waals surface area contributed by atoms with Gasteiger partial charge < -0.3 is 4.57 Å². The summed E-state index contributed by atoms with van der Waals surface area (Å²) in [5.74, 6) is -0.302. The third-order valence-corrected chi connectivity index (χ3v) is 7.15. The fourth-order valence-electron chi connectivity index (χ4n) is 3.56. The Labute approximate surface area is 205 Å². The Morgan fingerprint density at radius 2 is 1.77 bits per heavy atom. The van der Waals surface area contributed by atoms with Gasteiger partial charge in [-0.25, -0.2) is 23.1 Å². The molecule has 0 saturated heterocycles. The van der Waals surface area contributed by atoms with E-state index in [0.29, 0.717) is 28.1 Å². The van der Waals surface area contributed by atoms with Crippen molar-refractivity contribution >= 4 is 44.4 Å². The minimum absolute atomic E-state index is 0.0389. The van der Waals surface area contributed by atoms with Crippen LogP contribution in [0.1, 0.15) is 33.0 Å². The van der Waals surface area contributed by atoms with Crippen molar-refractivity contribution in [1.82, 2.24) is 19.3 Å². The topological polar surface area (TPSA) is 137 Å². The largest absolute Gasteiger partial charge is 0.308 e. The number of pyridine rings is 1. The quantitative estimate of drug-likeness (QED) is 0.303. The molecule has 0 atom stereocenters. The van der Waals surface area contributed by atoms with Gasteiger partial charge in [0.2, 0.25) is 0 Å². The summed E-state index contributed by atoms with van der Waals surface area (Å²) in [4.78, 5) is 32.2. The van der Waals surface area contributed by atoms with Gasteiger partial charge in [-0.3, -0.25) is 14.9 Å². The maximum atomic E-state index is 12.9. The Balaban J connectivity index is 1.70. The Hall–Kier alpha value is -3.83. The van der Waals surface area contributed by atoms with E-state index in [2.05, 4.69) is 14.7 Å². The molecular weight excluding hydrogens is 494 g/mol. The number of nitrogens with zero attached hydrogens (tertiary/aromatic N) is 4. The zero-order valence-electron chi connectivity index (χ0n) is 18.9. The van der Waals surface area contributed by atoms with Crippen LogP contribution in [0.4, 0.5) is 5.69 Å². The zero-order chi connectivity index (χ0) is 25.5. The van der Waals surface area contributed by atoms with Crippen LogP contribution in [0.25, 0.3) is 11.2 Å². The molecule has 1 N–H and O–H groups in total. The van der Waals surface area contributed by atoms with Gasteiger partial charge in [0.15, 0.2) is 5.65 Å². The molecule has 0 radical (unpaired) electrons. The summed E-state index contributed by atoms with van der Waals surface area (Å²) in [6.45, 7) is 5.51. The lowest BCUT2D eigenvalue weighted by molar-refractivity contribution is -0.384. The number of halogens is 1. The minimum atomic E-state index is -4.10. The predicted molar refractivity (Wildman–Crippen MR) is 130 cm³/mol. The molecule has 0 spiro atoms. The lowest BCUT2D eigenvalue weighted by Gasteiger charge is -2.10. The van der Waals surface area contributed by atoms with Crippen molar-refractivity contribution in [3.05, 3.63) is 91.9 Å². The number of imidazole rings is 1. The van der Waals surface area contributed by atoms with E-state index < -0.39 is 20.9 Å². The van der Waals surface area contributed by atoms with Crippen molar-refractivity contribution in [2.75, 3.05) is 0 Å². The van der Waals surface area contributed by atoms with Gasteiger partial charge in [-0.15, -0.1) is 0 Å². The van der Waals surface area contributed by atoms with Gasteiger partial charge in [0.1, 0.15) is 17.0 Å². The number of hydrogen-bond acceptors (Lipinski definition) is 7. The fourth-order valence-corrected chi connectivity index (χ4v) is 4.75. The smallest absolute Gasteiger partial charge is 0.283 e. The summed E-state index contributed by atoms with van der Waals surface area (Å²) >= 11 is 6.26. The Kier molecular flexibility index (Phi) is 6.30. The molecule has 1 amide bonds. The van der Waals surface area contributed by atoms with Crippen molar-refractivity contribution in [2.45, 2.75) is 32.2 Å². The molecule has 0 fully saturated rings. The fraction of sp³-hybridized carbons (Fsp3) is 0.174. The Morgan fingerprint density at radius 1 is 1.09 bits per heavy atom. The summed E-state index contributed by atoms with van der Waals surface area (Å²) in [5, 5.41) is 11.2. The maximum Gasteiger partial charge on any atom is 0.283 e. The SMILES string of the molecule is Cc1ccc(S(=O)(=O)NC(=O)c2cc(C)c3nc(C)n(Cc4ccc([N+](=O)[O-])cc4Cl)c3n2)cc1. The molecule has 10 nitrogen and oxygen atoms in total. The highest BCUT2D eigenvalue weighted by molar-refractivity contribution is 7.90. The monoisotopic (exact) mass is 513 g/mol. The summed E-state index contributed by atoms with van der Waals surface area (Å²) in [7, 11) is -4.10. The van der Waals surface area contributed by atoms with Crippen molar-refractivity contribution in [3.8, 4) is 0 Å². The number of nitro groups is 1. The van der Waals surface area contributed by atoms with Crippen molar-refractivity contribution < 1.29 is 18.1 Å². The normalized spacial score (nSPS) is 11.5. The molecule has 2 heterocycles. The standard InChI is InChI=1S/C23H20ClN5O5S/c1-13-4-8-18(9-5-13)35(33,34)27-23(30)20-10-14(2)21-22(26-20)28(15(3)25-21)12-16-6-7-17(29(31)32)11-19(16)24/h4-11H,12H2,1-3H3,(H,27,30). The van der Waals surface area contributed by atoms with E-state index >= 15 is 0 Å². The zero-order valence-corrected chi connectivity index (χ0v) is 20.5. The van der Waals surface area contributed by atoms with Gasteiger partial charge in [-0.2, -0.15) is 0 Å². The first kappa shape index (κ1) is 24.3. The van der Waals surface area contributed by atoms with Gasteiger partial charge >= 0.3 is 0 Å². The number of fused-ring (bicyclic) bond motifs is 1. The average molecular weight is 514 g/mol. The van der Waals surface area contributed by atoms with Crippen LogP contribution < -0.4 is 4.72 Å². The number of hydrogen-bond donors (Lipinski definition) is 1. The highest BCUT2D eigenvalue weighted by Crippen LogP contribution is 2.26. The molecule has 0 saturated carbocycles. The predicted octanol–water partition coefficient (Wildman–Crippen LogP) is 4.09. The van der Waals surface area contributed by atoms with Crippen LogP contribution >= 0.6 is 11.6 Å². The molecular formula is C23H20ClN5O5S. The Morgan fingerprint density at radius 3 is 2.40 bits per heavy atom. The molecule has 12 heteroatoms. The van der Waals surface area contributed by atoms with E-state index in [-0.39, 0.29) is 27.8 Å². The van der Waals surface area contributed by atoms with Gasteiger partial charge in [-0.05, 0) is 56.2 Å². The first-order valence-electron chi connectivity index (χ1n) is 10.4. The molecule has 4 rings (SSSR count). The number of nitro benzene ring substituents is 1. The molecule has 2 aromatic carbocycles. The van der Waals surface area contributed by atoms with E-state index in [1.807, 2.05) is 6.92 Å². The van der Waals surface area contributed by atoms with Gasteiger partial charge in [0.25, 0.3) is 21.6 Å². The molecule has 0 aliphatic carbocycles. The highest BCUT2D eigenvalue weighted by Gasteiger charge is 2.22. The maximum absolute atomic E-state index is 12.9. The lowest BCUT2D eigenvalue weighted by Crippen LogP contribution is -2.31. The molecule has 0 unspecified atom stereocenters. The number of benzene rings is 2. The number of amides is 1. The molecule has 0 aliphatic heterocycles. The first-order chi connectivity index (χ1) is 16.5.